The summed E-state index contributed by atoms with van der Waals surface area (Å²) in [6.07, 6.45) is 3.97. The molecular formula is C15H22N4OS. The van der Waals surface area contributed by atoms with Crippen molar-refractivity contribution in [2.45, 2.75) is 38.7 Å². The van der Waals surface area contributed by atoms with Crippen LogP contribution in [0.4, 0.5) is 11.8 Å². The molecule has 1 fully saturated rings. The summed E-state index contributed by atoms with van der Waals surface area (Å²) in [5, 5.41) is 17.5. The molecule has 3 rings (SSSR count). The number of nitrogens with one attached hydrogen (secondary N) is 2. The molecule has 0 saturated heterocycles. The van der Waals surface area contributed by atoms with Crippen LogP contribution in [0.15, 0.2) is 6.07 Å². The fourth-order valence-electron chi connectivity index (χ4n) is 2.88. The fourth-order valence-corrected chi connectivity index (χ4v) is 3.84. The number of anilines is 2. The number of fused-ring (bicyclic) bond motifs is 1. The van der Waals surface area contributed by atoms with Crippen LogP contribution in [-0.2, 0) is 6.42 Å². The molecule has 1 aliphatic rings. The lowest BCUT2D eigenvalue weighted by Crippen LogP contribution is -2.22. The first kappa shape index (κ1) is 14.5. The van der Waals surface area contributed by atoms with Crippen LogP contribution in [0.1, 0.15) is 31.1 Å². The number of hydrogen-bond donors (Lipinski definition) is 3. The fraction of sp³-hybridized carbons (Fsp3) is 0.600. The van der Waals surface area contributed by atoms with Gasteiger partial charge in [-0.2, -0.15) is 4.98 Å². The van der Waals surface area contributed by atoms with Crippen molar-refractivity contribution in [1.29, 1.82) is 0 Å². The molecule has 2 aromatic rings. The maximum Gasteiger partial charge on any atom is 0.225 e. The van der Waals surface area contributed by atoms with Gasteiger partial charge in [0.15, 0.2) is 0 Å². The molecular weight excluding hydrogens is 284 g/mol. The zero-order valence-corrected chi connectivity index (χ0v) is 13.3. The maximum atomic E-state index is 9.94. The van der Waals surface area contributed by atoms with Crippen LogP contribution in [-0.4, -0.2) is 34.8 Å². The Bertz CT molecular complexity index is 627. The highest BCUT2D eigenvalue weighted by Crippen LogP contribution is 2.31. The summed E-state index contributed by atoms with van der Waals surface area (Å²) in [5.41, 5.74) is 0. The number of rotatable bonds is 5. The second-order valence-electron chi connectivity index (χ2n) is 5.57. The van der Waals surface area contributed by atoms with E-state index in [1.807, 2.05) is 7.05 Å². The van der Waals surface area contributed by atoms with Gasteiger partial charge in [0.2, 0.25) is 5.95 Å². The molecule has 0 aliphatic heterocycles. The van der Waals surface area contributed by atoms with Crippen LogP contribution in [0.5, 0.6) is 0 Å². The Labute approximate surface area is 128 Å². The van der Waals surface area contributed by atoms with E-state index in [2.05, 4.69) is 33.6 Å². The molecule has 0 amide bonds. The number of aromatic nitrogens is 2. The Morgan fingerprint density at radius 3 is 2.90 bits per heavy atom. The predicted molar refractivity (Wildman–Crippen MR) is 88.2 cm³/mol. The predicted octanol–water partition coefficient (Wildman–Crippen LogP) is 2.87. The molecule has 6 heteroatoms. The lowest BCUT2D eigenvalue weighted by molar-refractivity contribution is 0.138. The van der Waals surface area contributed by atoms with Crippen LogP contribution < -0.4 is 10.6 Å². The first-order chi connectivity index (χ1) is 10.2. The zero-order chi connectivity index (χ0) is 14.8. The Hall–Kier alpha value is -1.40. The Kier molecular flexibility index (Phi) is 4.26. The smallest absolute Gasteiger partial charge is 0.225 e. The number of thiophene rings is 1. The molecule has 2 aromatic heterocycles. The summed E-state index contributed by atoms with van der Waals surface area (Å²) < 4.78 is 0. The molecule has 0 radical (unpaired) electrons. The van der Waals surface area contributed by atoms with Gasteiger partial charge in [0.25, 0.3) is 0 Å². The van der Waals surface area contributed by atoms with E-state index in [4.69, 9.17) is 0 Å². The lowest BCUT2D eigenvalue weighted by atomic mass is 10.1. The van der Waals surface area contributed by atoms with Gasteiger partial charge in [-0.1, -0.05) is 13.3 Å². The zero-order valence-electron chi connectivity index (χ0n) is 12.5. The van der Waals surface area contributed by atoms with Crippen molar-refractivity contribution in [3.05, 3.63) is 10.9 Å². The van der Waals surface area contributed by atoms with E-state index >= 15 is 0 Å². The Morgan fingerprint density at radius 1 is 1.38 bits per heavy atom. The van der Waals surface area contributed by atoms with Crippen molar-refractivity contribution in [2.75, 3.05) is 24.2 Å². The van der Waals surface area contributed by atoms with E-state index in [1.54, 1.807) is 11.3 Å². The van der Waals surface area contributed by atoms with Crippen molar-refractivity contribution >= 4 is 33.3 Å². The van der Waals surface area contributed by atoms with Gasteiger partial charge in [-0.3, -0.25) is 0 Å². The average molecular weight is 306 g/mol. The molecule has 2 unspecified atom stereocenters. The quantitative estimate of drug-likeness (QED) is 0.792. The van der Waals surface area contributed by atoms with Crippen LogP contribution in [0.2, 0.25) is 0 Å². The van der Waals surface area contributed by atoms with Gasteiger partial charge in [-0.25, -0.2) is 4.98 Å². The molecule has 1 saturated carbocycles. The summed E-state index contributed by atoms with van der Waals surface area (Å²) in [6.45, 7) is 2.92. The first-order valence-electron chi connectivity index (χ1n) is 7.61. The minimum absolute atomic E-state index is 0.174. The van der Waals surface area contributed by atoms with Crippen LogP contribution >= 0.6 is 11.3 Å². The van der Waals surface area contributed by atoms with Gasteiger partial charge in [-0.15, -0.1) is 11.3 Å². The molecule has 0 bridgehead atoms. The minimum Gasteiger partial charge on any atom is -0.393 e. The average Bonchev–Trinajstić information content (AvgIpc) is 3.10. The van der Waals surface area contributed by atoms with Gasteiger partial charge >= 0.3 is 0 Å². The number of nitrogens with zero attached hydrogens (tertiary/aromatic N) is 2. The summed E-state index contributed by atoms with van der Waals surface area (Å²) in [6, 6.07) is 2.17. The van der Waals surface area contributed by atoms with Crippen LogP contribution in [0.3, 0.4) is 0 Å². The third-order valence-electron chi connectivity index (χ3n) is 4.17. The third-order valence-corrected chi connectivity index (χ3v) is 5.34. The normalized spacial score (nSPS) is 21.9. The summed E-state index contributed by atoms with van der Waals surface area (Å²) in [7, 11) is 1.83. The van der Waals surface area contributed by atoms with Gasteiger partial charge in [0.05, 0.1) is 11.5 Å². The topological polar surface area (TPSA) is 70.1 Å². The second-order valence-corrected chi connectivity index (χ2v) is 6.69. The molecule has 21 heavy (non-hydrogen) atoms. The highest BCUT2D eigenvalue weighted by atomic mass is 32.1. The lowest BCUT2D eigenvalue weighted by Gasteiger charge is -2.16. The van der Waals surface area contributed by atoms with Gasteiger partial charge in [0, 0.05) is 24.4 Å². The number of aryl methyl sites for hydroxylation is 1. The van der Waals surface area contributed by atoms with E-state index < -0.39 is 0 Å². The number of aliphatic hydroxyl groups is 1. The molecule has 1 aliphatic carbocycles. The SMILES string of the molecule is CCc1cc2c(NCC3CCCC3O)nc(NC)nc2s1. The van der Waals surface area contributed by atoms with Crippen molar-refractivity contribution < 1.29 is 5.11 Å². The Morgan fingerprint density at radius 2 is 2.24 bits per heavy atom. The van der Waals surface area contributed by atoms with Crippen LogP contribution in [0.25, 0.3) is 10.2 Å². The van der Waals surface area contributed by atoms with E-state index in [-0.39, 0.29) is 6.10 Å². The van der Waals surface area contributed by atoms with E-state index in [9.17, 15) is 5.11 Å². The van der Waals surface area contributed by atoms with Crippen molar-refractivity contribution in [3.63, 3.8) is 0 Å². The maximum absolute atomic E-state index is 9.94. The molecule has 0 aromatic carbocycles. The van der Waals surface area contributed by atoms with Crippen molar-refractivity contribution in [1.82, 2.24) is 9.97 Å². The second kappa shape index (κ2) is 6.15. The van der Waals surface area contributed by atoms with Crippen molar-refractivity contribution in [3.8, 4) is 0 Å². The molecule has 0 spiro atoms. The van der Waals surface area contributed by atoms with Gasteiger partial charge in [-0.05, 0) is 25.3 Å². The molecule has 114 valence electrons. The molecule has 5 nitrogen and oxygen atoms in total. The third kappa shape index (κ3) is 2.96. The standard InChI is InChI=1S/C15H22N4OS/c1-3-10-7-11-13(17-8-9-5-4-6-12(9)20)18-15(16-2)19-14(11)21-10/h7,9,12,20H,3-6,8H2,1-2H3,(H2,16,17,18,19). The highest BCUT2D eigenvalue weighted by molar-refractivity contribution is 7.18. The molecule has 3 N–H and O–H groups in total. The number of hydrogen-bond acceptors (Lipinski definition) is 6. The van der Waals surface area contributed by atoms with Gasteiger partial charge in [0.1, 0.15) is 10.6 Å². The summed E-state index contributed by atoms with van der Waals surface area (Å²) in [5.74, 6) is 1.85. The first-order valence-corrected chi connectivity index (χ1v) is 8.43. The van der Waals surface area contributed by atoms with Gasteiger partial charge < -0.3 is 15.7 Å². The number of aliphatic hydroxyl groups excluding tert-OH is 1. The van der Waals surface area contributed by atoms with Crippen molar-refractivity contribution in [2.24, 2.45) is 5.92 Å². The molecule has 2 atom stereocenters. The summed E-state index contributed by atoms with van der Waals surface area (Å²) >= 11 is 1.72. The van der Waals surface area contributed by atoms with E-state index in [1.165, 1.54) is 4.88 Å². The largest absolute Gasteiger partial charge is 0.393 e. The minimum atomic E-state index is -0.174. The van der Waals surface area contributed by atoms with E-state index in [0.717, 1.165) is 48.3 Å². The van der Waals surface area contributed by atoms with Crippen LogP contribution in [0, 0.1) is 5.92 Å². The monoisotopic (exact) mass is 306 g/mol. The van der Waals surface area contributed by atoms with E-state index in [0.29, 0.717) is 11.9 Å². The summed E-state index contributed by atoms with van der Waals surface area (Å²) in [4.78, 5) is 11.4. The Balaban J connectivity index is 1.86. The molecule has 2 heterocycles. The highest BCUT2D eigenvalue weighted by Gasteiger charge is 2.25.